The van der Waals surface area contributed by atoms with Gasteiger partial charge in [0.2, 0.25) is 5.88 Å². The van der Waals surface area contributed by atoms with Crippen molar-refractivity contribution in [1.29, 1.82) is 0 Å². The van der Waals surface area contributed by atoms with Gasteiger partial charge in [-0.2, -0.15) is 0 Å². The molecule has 1 atom stereocenters. The van der Waals surface area contributed by atoms with Crippen LogP contribution < -0.4 is 4.74 Å². The summed E-state index contributed by atoms with van der Waals surface area (Å²) in [5.74, 6) is 1.01. The van der Waals surface area contributed by atoms with Crippen LogP contribution in [0.15, 0.2) is 47.1 Å². The number of rotatable bonds is 6. The first kappa shape index (κ1) is 19.8. The second-order valence-corrected chi connectivity index (χ2v) is 9.64. The maximum atomic E-state index is 12.9. The Morgan fingerprint density at radius 2 is 2.15 bits per heavy atom. The quantitative estimate of drug-likeness (QED) is 0.667. The molecule has 1 amide bonds. The van der Waals surface area contributed by atoms with E-state index >= 15 is 0 Å². The normalized spacial score (nSPS) is 18.2. The fraction of sp³-hybridized carbons (Fsp3) is 0.368. The van der Waals surface area contributed by atoms with Crippen LogP contribution in [0.5, 0.6) is 11.6 Å². The third kappa shape index (κ3) is 5.07. The van der Waals surface area contributed by atoms with Crippen molar-refractivity contribution in [2.75, 3.05) is 18.1 Å². The van der Waals surface area contributed by atoms with Gasteiger partial charge in [-0.1, -0.05) is 28.9 Å². The number of ether oxygens (including phenoxy) is 1. The van der Waals surface area contributed by atoms with Crippen molar-refractivity contribution in [1.82, 2.24) is 9.88 Å². The standard InChI is InChI=1S/C19H21BrN2O4S/c1-2-9-22(16-8-10-27(24,25)13-16)19(23)14-6-7-18(21-12-14)26-17-5-3-4-15(20)11-17/h3-7,11-12,16H,2,8-10,13H2,1H3. The van der Waals surface area contributed by atoms with E-state index in [1.807, 2.05) is 31.2 Å². The number of carbonyl (C=O) groups excluding carboxylic acids is 1. The molecule has 1 unspecified atom stereocenters. The predicted molar refractivity (Wildman–Crippen MR) is 107 cm³/mol. The van der Waals surface area contributed by atoms with E-state index < -0.39 is 9.84 Å². The number of nitrogens with zero attached hydrogens (tertiary/aromatic N) is 2. The second-order valence-electron chi connectivity index (χ2n) is 6.50. The first-order chi connectivity index (χ1) is 12.9. The Labute approximate surface area is 167 Å². The summed E-state index contributed by atoms with van der Waals surface area (Å²) in [5.41, 5.74) is 0.425. The molecule has 0 bridgehead atoms. The lowest BCUT2D eigenvalue weighted by Gasteiger charge is -2.28. The number of pyridine rings is 1. The minimum absolute atomic E-state index is 0.0379. The molecule has 144 valence electrons. The van der Waals surface area contributed by atoms with E-state index in [0.29, 0.717) is 30.2 Å². The number of sulfone groups is 1. The molecule has 0 N–H and O–H groups in total. The summed E-state index contributed by atoms with van der Waals surface area (Å²) in [6.45, 7) is 2.49. The Morgan fingerprint density at radius 3 is 2.74 bits per heavy atom. The van der Waals surface area contributed by atoms with Gasteiger partial charge in [0.25, 0.3) is 5.91 Å². The van der Waals surface area contributed by atoms with Crippen molar-refractivity contribution in [3.05, 3.63) is 52.6 Å². The van der Waals surface area contributed by atoms with Crippen molar-refractivity contribution < 1.29 is 17.9 Å². The Balaban J connectivity index is 1.73. The molecule has 2 heterocycles. The van der Waals surface area contributed by atoms with Crippen LogP contribution >= 0.6 is 15.9 Å². The van der Waals surface area contributed by atoms with Crippen molar-refractivity contribution in [3.8, 4) is 11.6 Å². The SMILES string of the molecule is CCCN(C(=O)c1ccc(Oc2cccc(Br)c2)nc1)C1CCS(=O)(=O)C1. The molecular weight excluding hydrogens is 432 g/mol. The minimum atomic E-state index is -3.05. The molecule has 27 heavy (non-hydrogen) atoms. The Morgan fingerprint density at radius 1 is 1.33 bits per heavy atom. The summed E-state index contributed by atoms with van der Waals surface area (Å²) < 4.78 is 30.1. The number of benzene rings is 1. The summed E-state index contributed by atoms with van der Waals surface area (Å²) >= 11 is 3.38. The average Bonchev–Trinajstić information content (AvgIpc) is 2.99. The second kappa shape index (κ2) is 8.39. The molecule has 1 aromatic heterocycles. The molecule has 0 aliphatic carbocycles. The first-order valence-corrected chi connectivity index (χ1v) is 11.4. The van der Waals surface area contributed by atoms with Gasteiger partial charge in [0.05, 0.1) is 17.1 Å². The van der Waals surface area contributed by atoms with Gasteiger partial charge in [0.1, 0.15) is 5.75 Å². The van der Waals surface area contributed by atoms with Gasteiger partial charge in [-0.05, 0) is 37.1 Å². The lowest BCUT2D eigenvalue weighted by Crippen LogP contribution is -2.41. The highest BCUT2D eigenvalue weighted by molar-refractivity contribution is 9.10. The summed E-state index contributed by atoms with van der Waals surface area (Å²) in [6, 6.07) is 10.4. The van der Waals surface area contributed by atoms with Crippen LogP contribution in [0.25, 0.3) is 0 Å². The Hall–Kier alpha value is -1.93. The van der Waals surface area contributed by atoms with Crippen LogP contribution in [0.3, 0.4) is 0 Å². The Kier molecular flexibility index (Phi) is 6.16. The van der Waals surface area contributed by atoms with Crippen LogP contribution in [-0.2, 0) is 9.84 Å². The average molecular weight is 453 g/mol. The van der Waals surface area contributed by atoms with Crippen LogP contribution in [0.2, 0.25) is 0 Å². The van der Waals surface area contributed by atoms with Gasteiger partial charge in [0.15, 0.2) is 9.84 Å². The number of hydrogen-bond acceptors (Lipinski definition) is 5. The molecule has 0 radical (unpaired) electrons. The third-order valence-corrected chi connectivity index (χ3v) is 6.62. The van der Waals surface area contributed by atoms with Crippen LogP contribution in [0.1, 0.15) is 30.1 Å². The minimum Gasteiger partial charge on any atom is -0.439 e. The fourth-order valence-corrected chi connectivity index (χ4v) is 5.21. The monoisotopic (exact) mass is 452 g/mol. The first-order valence-electron chi connectivity index (χ1n) is 8.79. The zero-order valence-electron chi connectivity index (χ0n) is 15.0. The highest BCUT2D eigenvalue weighted by Gasteiger charge is 2.34. The molecule has 1 aliphatic heterocycles. The topological polar surface area (TPSA) is 76.6 Å². The lowest BCUT2D eigenvalue weighted by molar-refractivity contribution is 0.0696. The molecule has 8 heteroatoms. The lowest BCUT2D eigenvalue weighted by atomic mass is 10.1. The predicted octanol–water partition coefficient (Wildman–Crippen LogP) is 3.68. The van der Waals surface area contributed by atoms with Gasteiger partial charge < -0.3 is 9.64 Å². The number of halogens is 1. The van der Waals surface area contributed by atoms with Crippen LogP contribution in [0.4, 0.5) is 0 Å². The molecule has 1 saturated heterocycles. The fourth-order valence-electron chi connectivity index (χ4n) is 3.10. The van der Waals surface area contributed by atoms with Crippen molar-refractivity contribution in [2.24, 2.45) is 0 Å². The molecule has 0 saturated carbocycles. The maximum absolute atomic E-state index is 12.9. The van der Waals surface area contributed by atoms with Gasteiger partial charge in [-0.25, -0.2) is 13.4 Å². The van der Waals surface area contributed by atoms with Crippen molar-refractivity contribution in [2.45, 2.75) is 25.8 Å². The van der Waals surface area contributed by atoms with Gasteiger partial charge in [0, 0.05) is 29.3 Å². The number of aromatic nitrogens is 1. The summed E-state index contributed by atoms with van der Waals surface area (Å²) in [6.07, 6.45) is 2.73. The van der Waals surface area contributed by atoms with E-state index in [1.54, 1.807) is 17.0 Å². The molecule has 1 aromatic carbocycles. The van der Waals surface area contributed by atoms with Gasteiger partial charge >= 0.3 is 0 Å². The molecular formula is C19H21BrN2O4S. The maximum Gasteiger partial charge on any atom is 0.255 e. The van der Waals surface area contributed by atoms with Crippen molar-refractivity contribution in [3.63, 3.8) is 0 Å². The number of carbonyl (C=O) groups is 1. The largest absolute Gasteiger partial charge is 0.439 e. The highest BCUT2D eigenvalue weighted by atomic mass is 79.9. The molecule has 0 spiro atoms. The smallest absolute Gasteiger partial charge is 0.255 e. The van der Waals surface area contributed by atoms with E-state index in [-0.39, 0.29) is 23.5 Å². The van der Waals surface area contributed by atoms with Gasteiger partial charge in [-0.3, -0.25) is 4.79 Å². The van der Waals surface area contributed by atoms with Gasteiger partial charge in [-0.15, -0.1) is 0 Å². The zero-order chi connectivity index (χ0) is 19.4. The summed E-state index contributed by atoms with van der Waals surface area (Å²) in [5, 5.41) is 0. The van der Waals surface area contributed by atoms with E-state index in [1.165, 1.54) is 6.20 Å². The molecule has 6 nitrogen and oxygen atoms in total. The summed E-state index contributed by atoms with van der Waals surface area (Å²) in [7, 11) is -3.05. The van der Waals surface area contributed by atoms with Crippen LogP contribution in [-0.4, -0.2) is 48.3 Å². The molecule has 1 aliphatic rings. The van der Waals surface area contributed by atoms with E-state index in [4.69, 9.17) is 4.74 Å². The van der Waals surface area contributed by atoms with Crippen molar-refractivity contribution >= 4 is 31.7 Å². The van der Waals surface area contributed by atoms with E-state index in [0.717, 1.165) is 10.9 Å². The van der Waals surface area contributed by atoms with E-state index in [2.05, 4.69) is 20.9 Å². The zero-order valence-corrected chi connectivity index (χ0v) is 17.4. The number of hydrogen-bond donors (Lipinski definition) is 0. The third-order valence-electron chi connectivity index (χ3n) is 4.38. The molecule has 1 fully saturated rings. The van der Waals surface area contributed by atoms with Crippen LogP contribution in [0, 0.1) is 0 Å². The number of amides is 1. The summed E-state index contributed by atoms with van der Waals surface area (Å²) in [4.78, 5) is 18.8. The molecule has 3 rings (SSSR count). The highest BCUT2D eigenvalue weighted by Crippen LogP contribution is 2.24. The Bertz CT molecular complexity index is 916. The van der Waals surface area contributed by atoms with E-state index in [9.17, 15) is 13.2 Å². The molecule has 2 aromatic rings.